The normalized spacial score (nSPS) is 10.4. The number of hydrogen-bond donors (Lipinski definition) is 1. The third kappa shape index (κ3) is 3.79. The van der Waals surface area contributed by atoms with Crippen LogP contribution in [-0.4, -0.2) is 34.1 Å². The van der Waals surface area contributed by atoms with Crippen LogP contribution >= 0.6 is 23.1 Å². The van der Waals surface area contributed by atoms with E-state index >= 15 is 0 Å². The molecule has 0 saturated carbocycles. The molecule has 0 amide bonds. The number of esters is 1. The molecule has 8 heteroatoms. The summed E-state index contributed by atoms with van der Waals surface area (Å²) < 4.78 is 5.28. The van der Waals surface area contributed by atoms with Crippen molar-refractivity contribution in [3.05, 3.63) is 40.2 Å². The van der Waals surface area contributed by atoms with Gasteiger partial charge in [0.1, 0.15) is 10.6 Å². The van der Waals surface area contributed by atoms with E-state index in [9.17, 15) is 9.59 Å². The van der Waals surface area contributed by atoms with Gasteiger partial charge in [-0.2, -0.15) is 0 Å². The van der Waals surface area contributed by atoms with Gasteiger partial charge in [0.15, 0.2) is 4.34 Å². The Labute approximate surface area is 129 Å². The molecule has 2 aromatic rings. The van der Waals surface area contributed by atoms with Gasteiger partial charge in [-0.05, 0) is 19.1 Å². The van der Waals surface area contributed by atoms with Gasteiger partial charge in [0.25, 0.3) is 0 Å². The maximum atomic E-state index is 11.4. The summed E-state index contributed by atoms with van der Waals surface area (Å²) in [5, 5.41) is 8.99. The second kappa shape index (κ2) is 6.68. The van der Waals surface area contributed by atoms with E-state index < -0.39 is 11.9 Å². The predicted molar refractivity (Wildman–Crippen MR) is 78.9 cm³/mol. The summed E-state index contributed by atoms with van der Waals surface area (Å²) in [6.07, 6.45) is 0. The minimum Gasteiger partial charge on any atom is -0.477 e. The van der Waals surface area contributed by atoms with Crippen LogP contribution in [0.5, 0.6) is 0 Å². The van der Waals surface area contributed by atoms with E-state index in [0.29, 0.717) is 21.5 Å². The minimum absolute atomic E-state index is 0.244. The second-order valence-electron chi connectivity index (χ2n) is 3.99. The molecule has 110 valence electrons. The van der Waals surface area contributed by atoms with Gasteiger partial charge in [0.2, 0.25) is 0 Å². The molecule has 2 rings (SSSR count). The van der Waals surface area contributed by atoms with Gasteiger partial charge in [-0.3, -0.25) is 0 Å². The summed E-state index contributed by atoms with van der Waals surface area (Å²) in [4.78, 5) is 31.0. The molecule has 0 spiro atoms. The van der Waals surface area contributed by atoms with E-state index in [1.807, 2.05) is 0 Å². The highest BCUT2D eigenvalue weighted by Gasteiger charge is 2.14. The number of carboxylic acid groups (broad SMARTS) is 1. The van der Waals surface area contributed by atoms with Crippen LogP contribution in [0, 0.1) is 6.92 Å². The summed E-state index contributed by atoms with van der Waals surface area (Å²) in [6, 6.07) is 5.10. The van der Waals surface area contributed by atoms with Gasteiger partial charge < -0.3 is 9.84 Å². The lowest BCUT2D eigenvalue weighted by molar-refractivity contribution is 0.0593. The van der Waals surface area contributed by atoms with E-state index in [1.165, 1.54) is 18.9 Å². The topological polar surface area (TPSA) is 89.4 Å². The lowest BCUT2D eigenvalue weighted by atomic mass is 10.3. The Hall–Kier alpha value is -1.93. The number of thiazole rings is 1. The van der Waals surface area contributed by atoms with Crippen molar-refractivity contribution < 1.29 is 19.4 Å². The zero-order chi connectivity index (χ0) is 15.4. The van der Waals surface area contributed by atoms with Crippen molar-refractivity contribution in [2.45, 2.75) is 17.0 Å². The number of carboxylic acids is 1. The molecule has 0 bridgehead atoms. The quantitative estimate of drug-likeness (QED) is 0.668. The third-order valence-corrected chi connectivity index (χ3v) is 4.84. The SMILES string of the molecule is COC(=O)c1cccc(CSc2nc(C)c(C(=O)O)s2)n1. The Balaban J connectivity index is 2.08. The molecule has 0 unspecified atom stereocenters. The molecule has 0 aliphatic heterocycles. The number of aromatic carboxylic acids is 1. The van der Waals surface area contributed by atoms with E-state index in [0.717, 1.165) is 11.3 Å². The molecule has 0 radical (unpaired) electrons. The Morgan fingerprint density at radius 1 is 1.38 bits per heavy atom. The van der Waals surface area contributed by atoms with Gasteiger partial charge in [-0.15, -0.1) is 11.3 Å². The van der Waals surface area contributed by atoms with Crippen LogP contribution in [0.1, 0.15) is 31.5 Å². The summed E-state index contributed by atoms with van der Waals surface area (Å²) in [5.74, 6) is -0.959. The number of methoxy groups -OCH3 is 1. The van der Waals surface area contributed by atoms with Gasteiger partial charge >= 0.3 is 11.9 Å². The number of aromatic nitrogens is 2. The molecule has 2 aromatic heterocycles. The molecule has 6 nitrogen and oxygen atoms in total. The standard InChI is InChI=1S/C13H12N2O4S2/c1-7-10(11(16)17)21-13(14-7)20-6-8-4-3-5-9(15-8)12(18)19-2/h3-5H,6H2,1-2H3,(H,16,17). The average molecular weight is 324 g/mol. The first kappa shape index (κ1) is 15.5. The summed E-state index contributed by atoms with van der Waals surface area (Å²) >= 11 is 2.52. The van der Waals surface area contributed by atoms with Crippen LogP contribution in [0.15, 0.2) is 22.5 Å². The van der Waals surface area contributed by atoms with Crippen LogP contribution in [0.2, 0.25) is 0 Å². The fourth-order valence-electron chi connectivity index (χ4n) is 1.55. The first-order valence-corrected chi connectivity index (χ1v) is 7.69. The van der Waals surface area contributed by atoms with E-state index in [2.05, 4.69) is 14.7 Å². The van der Waals surface area contributed by atoms with E-state index in [4.69, 9.17) is 5.11 Å². The fourth-order valence-corrected chi connectivity index (χ4v) is 3.48. The van der Waals surface area contributed by atoms with Gasteiger partial charge in [0.05, 0.1) is 18.5 Å². The molecule has 0 aliphatic carbocycles. The minimum atomic E-state index is -0.970. The lowest BCUT2D eigenvalue weighted by Crippen LogP contribution is -2.05. The number of aryl methyl sites for hydroxylation is 1. The largest absolute Gasteiger partial charge is 0.477 e. The molecule has 0 fully saturated rings. The number of ether oxygens (including phenoxy) is 1. The number of carbonyl (C=O) groups excluding carboxylic acids is 1. The summed E-state index contributed by atoms with van der Waals surface area (Å²) in [5.41, 5.74) is 1.45. The molecular formula is C13H12N2O4S2. The van der Waals surface area contributed by atoms with Gasteiger partial charge in [-0.25, -0.2) is 19.6 Å². The van der Waals surface area contributed by atoms with Crippen LogP contribution < -0.4 is 0 Å². The number of hydrogen-bond acceptors (Lipinski definition) is 7. The zero-order valence-electron chi connectivity index (χ0n) is 11.3. The number of nitrogens with zero attached hydrogens (tertiary/aromatic N) is 2. The third-order valence-electron chi connectivity index (χ3n) is 2.52. The van der Waals surface area contributed by atoms with Crippen LogP contribution in [0.4, 0.5) is 0 Å². The number of pyridine rings is 1. The van der Waals surface area contributed by atoms with Crippen molar-refractivity contribution in [2.75, 3.05) is 7.11 Å². The number of rotatable bonds is 5. The van der Waals surface area contributed by atoms with Gasteiger partial charge in [0, 0.05) is 5.75 Å². The van der Waals surface area contributed by atoms with E-state index in [-0.39, 0.29) is 10.6 Å². The Morgan fingerprint density at radius 2 is 2.14 bits per heavy atom. The highest BCUT2D eigenvalue weighted by molar-refractivity contribution is 8.00. The average Bonchev–Trinajstić information content (AvgIpc) is 2.86. The fraction of sp³-hybridized carbons (Fsp3) is 0.231. The van der Waals surface area contributed by atoms with Crippen LogP contribution in [-0.2, 0) is 10.5 Å². The number of carbonyl (C=O) groups is 2. The van der Waals surface area contributed by atoms with Crippen molar-refractivity contribution in [2.24, 2.45) is 0 Å². The Bertz CT molecular complexity index is 685. The number of thioether (sulfide) groups is 1. The molecule has 0 saturated heterocycles. The molecule has 2 heterocycles. The van der Waals surface area contributed by atoms with Crippen LogP contribution in [0.3, 0.4) is 0 Å². The van der Waals surface area contributed by atoms with Crippen molar-refractivity contribution in [1.29, 1.82) is 0 Å². The van der Waals surface area contributed by atoms with Crippen molar-refractivity contribution in [3.63, 3.8) is 0 Å². The highest BCUT2D eigenvalue weighted by Crippen LogP contribution is 2.29. The Kier molecular flexibility index (Phi) is 4.92. The lowest BCUT2D eigenvalue weighted by Gasteiger charge is -2.01. The zero-order valence-corrected chi connectivity index (χ0v) is 13.0. The van der Waals surface area contributed by atoms with Crippen molar-refractivity contribution in [1.82, 2.24) is 9.97 Å². The summed E-state index contributed by atoms with van der Waals surface area (Å²) in [7, 11) is 1.30. The van der Waals surface area contributed by atoms with E-state index in [1.54, 1.807) is 25.1 Å². The summed E-state index contributed by atoms with van der Waals surface area (Å²) in [6.45, 7) is 1.67. The molecule has 0 aliphatic rings. The van der Waals surface area contributed by atoms with Gasteiger partial charge in [-0.1, -0.05) is 17.8 Å². The monoisotopic (exact) mass is 324 g/mol. The first-order valence-electron chi connectivity index (χ1n) is 5.89. The Morgan fingerprint density at radius 3 is 2.76 bits per heavy atom. The predicted octanol–water partition coefficient (Wildman–Crippen LogP) is 2.62. The van der Waals surface area contributed by atoms with Crippen LogP contribution in [0.25, 0.3) is 0 Å². The maximum absolute atomic E-state index is 11.4. The molecule has 1 N–H and O–H groups in total. The van der Waals surface area contributed by atoms with Crippen molar-refractivity contribution in [3.8, 4) is 0 Å². The smallest absolute Gasteiger partial charge is 0.356 e. The maximum Gasteiger partial charge on any atom is 0.356 e. The highest BCUT2D eigenvalue weighted by atomic mass is 32.2. The van der Waals surface area contributed by atoms with Crippen molar-refractivity contribution >= 4 is 35.0 Å². The molecule has 21 heavy (non-hydrogen) atoms. The molecular weight excluding hydrogens is 312 g/mol. The second-order valence-corrected chi connectivity index (χ2v) is 6.22. The first-order chi connectivity index (χ1) is 10.0. The molecule has 0 atom stereocenters. The molecule has 0 aromatic carbocycles.